The van der Waals surface area contributed by atoms with Crippen LogP contribution >= 0.6 is 0 Å². The van der Waals surface area contributed by atoms with E-state index in [2.05, 4.69) is 103 Å². The number of benzene rings is 7. The Bertz CT molecular complexity index is 2680. The van der Waals surface area contributed by atoms with Crippen LogP contribution in [0.4, 0.5) is 0 Å². The number of hydrogen-bond donors (Lipinski definition) is 0. The van der Waals surface area contributed by atoms with Crippen LogP contribution < -0.4 is 4.74 Å². The number of fused-ring (bicyclic) bond motifs is 5. The highest BCUT2D eigenvalue weighted by Crippen LogP contribution is 2.55. The minimum atomic E-state index is -0.659. The number of para-hydroxylation sites is 2. The van der Waals surface area contributed by atoms with Gasteiger partial charge in [0.15, 0.2) is 17.5 Å². The zero-order valence-corrected chi connectivity index (χ0v) is 27.4. The molecule has 1 aliphatic rings. The molecule has 0 atom stereocenters. The molecule has 9 aromatic rings. The van der Waals surface area contributed by atoms with Gasteiger partial charge in [-0.05, 0) is 59.7 Å². The minimum absolute atomic E-state index is 0.577. The Labute approximate surface area is 294 Å². The molecule has 0 N–H and O–H groups in total. The second kappa shape index (κ2) is 11.6. The van der Waals surface area contributed by atoms with Crippen molar-refractivity contribution in [3.05, 3.63) is 198 Å². The van der Waals surface area contributed by atoms with Crippen LogP contribution in [0.1, 0.15) is 22.3 Å². The first-order valence-corrected chi connectivity index (χ1v) is 17.0. The topological polar surface area (TPSA) is 61.0 Å². The highest BCUT2D eigenvalue weighted by Gasteiger charge is 2.45. The summed E-state index contributed by atoms with van der Waals surface area (Å²) >= 11 is 0. The second-order valence-electron chi connectivity index (χ2n) is 12.8. The normalized spacial score (nSPS) is 13.0. The summed E-state index contributed by atoms with van der Waals surface area (Å²) in [7, 11) is 0. The third-order valence-corrected chi connectivity index (χ3v) is 9.87. The number of nitrogens with zero attached hydrogens (tertiary/aromatic N) is 3. The monoisotopic (exact) mass is 655 g/mol. The molecule has 2 aromatic heterocycles. The average Bonchev–Trinajstić information content (AvgIpc) is 3.59. The fourth-order valence-electron chi connectivity index (χ4n) is 7.56. The third-order valence-electron chi connectivity index (χ3n) is 9.87. The molecule has 7 aromatic carbocycles. The summed E-state index contributed by atoms with van der Waals surface area (Å²) < 4.78 is 12.8. The van der Waals surface area contributed by atoms with Gasteiger partial charge in [0.05, 0.1) is 5.41 Å². The van der Waals surface area contributed by atoms with Crippen LogP contribution in [-0.2, 0) is 5.41 Å². The van der Waals surface area contributed by atoms with E-state index in [1.54, 1.807) is 0 Å². The van der Waals surface area contributed by atoms with Crippen LogP contribution in [0.15, 0.2) is 180 Å². The van der Waals surface area contributed by atoms with E-state index >= 15 is 0 Å². The Morgan fingerprint density at radius 2 is 0.902 bits per heavy atom. The molecular weight excluding hydrogens is 627 g/mol. The lowest BCUT2D eigenvalue weighted by molar-refractivity contribution is 0.434. The molecule has 5 heteroatoms. The fraction of sp³-hybridized carbons (Fsp3) is 0.0217. The standard InChI is InChI=1S/C46H29N3O2/c1-4-14-30(15-5-1)43-47-44(31-24-26-40-36(28-31)35-20-10-12-22-39(35)50-40)49-45(48-43)32-25-27-42-38(29-32)46(33-16-6-2-7-17-33,34-18-8-3-9-19-34)37-21-11-13-23-41(37)51-42/h1-29H. The molecule has 0 spiro atoms. The molecular formula is C46H29N3O2. The van der Waals surface area contributed by atoms with Crippen molar-refractivity contribution in [1.29, 1.82) is 0 Å². The smallest absolute Gasteiger partial charge is 0.164 e. The van der Waals surface area contributed by atoms with E-state index in [0.717, 1.165) is 72.4 Å². The van der Waals surface area contributed by atoms with Gasteiger partial charge in [-0.15, -0.1) is 0 Å². The zero-order chi connectivity index (χ0) is 33.8. The Morgan fingerprint density at radius 3 is 1.63 bits per heavy atom. The Balaban J connectivity index is 1.22. The van der Waals surface area contributed by atoms with Gasteiger partial charge in [-0.1, -0.05) is 127 Å². The van der Waals surface area contributed by atoms with Crippen LogP contribution in [0.2, 0.25) is 0 Å². The van der Waals surface area contributed by atoms with Gasteiger partial charge in [0.2, 0.25) is 0 Å². The van der Waals surface area contributed by atoms with Gasteiger partial charge >= 0.3 is 0 Å². The predicted octanol–water partition coefficient (Wildman–Crippen LogP) is 11.3. The average molecular weight is 656 g/mol. The van der Waals surface area contributed by atoms with E-state index < -0.39 is 5.41 Å². The number of furan rings is 1. The van der Waals surface area contributed by atoms with Gasteiger partial charge in [-0.25, -0.2) is 15.0 Å². The van der Waals surface area contributed by atoms with Crippen molar-refractivity contribution in [1.82, 2.24) is 15.0 Å². The van der Waals surface area contributed by atoms with E-state index in [4.69, 9.17) is 24.1 Å². The van der Waals surface area contributed by atoms with Crippen LogP contribution in [-0.4, -0.2) is 15.0 Å². The van der Waals surface area contributed by atoms with Crippen LogP contribution in [0.25, 0.3) is 56.1 Å². The molecule has 3 heterocycles. The quantitative estimate of drug-likeness (QED) is 0.185. The van der Waals surface area contributed by atoms with Gasteiger partial charge in [-0.3, -0.25) is 0 Å². The molecule has 240 valence electrons. The van der Waals surface area contributed by atoms with Crippen molar-refractivity contribution in [2.45, 2.75) is 5.41 Å². The van der Waals surface area contributed by atoms with Crippen molar-refractivity contribution in [3.8, 4) is 45.7 Å². The van der Waals surface area contributed by atoms with E-state index in [9.17, 15) is 0 Å². The first-order chi connectivity index (χ1) is 25.3. The van der Waals surface area contributed by atoms with Gasteiger partial charge in [-0.2, -0.15) is 0 Å². The van der Waals surface area contributed by atoms with Crippen molar-refractivity contribution in [2.24, 2.45) is 0 Å². The van der Waals surface area contributed by atoms with Gasteiger partial charge in [0.1, 0.15) is 22.7 Å². The molecule has 5 nitrogen and oxygen atoms in total. The van der Waals surface area contributed by atoms with E-state index in [1.165, 1.54) is 0 Å². The van der Waals surface area contributed by atoms with Crippen LogP contribution in [0.3, 0.4) is 0 Å². The largest absolute Gasteiger partial charge is 0.457 e. The summed E-state index contributed by atoms with van der Waals surface area (Å²) in [5, 5.41) is 2.08. The first kappa shape index (κ1) is 29.1. The lowest BCUT2D eigenvalue weighted by Gasteiger charge is -2.41. The SMILES string of the molecule is c1ccc(-c2nc(-c3ccc4c(c3)C(c3ccccc3)(c3ccccc3)c3ccccc3O4)nc(-c3ccc4oc5ccccc5c4c3)n2)cc1. The first-order valence-electron chi connectivity index (χ1n) is 17.0. The number of rotatable bonds is 5. The molecule has 51 heavy (non-hydrogen) atoms. The summed E-state index contributed by atoms with van der Waals surface area (Å²) in [6.45, 7) is 0. The van der Waals surface area contributed by atoms with Gasteiger partial charge < -0.3 is 9.15 Å². The van der Waals surface area contributed by atoms with Crippen LogP contribution in [0, 0.1) is 0 Å². The molecule has 0 radical (unpaired) electrons. The van der Waals surface area contributed by atoms with E-state index in [-0.39, 0.29) is 0 Å². The molecule has 0 amide bonds. The molecule has 10 rings (SSSR count). The molecule has 0 unspecified atom stereocenters. The summed E-state index contributed by atoms with van der Waals surface area (Å²) in [4.78, 5) is 15.3. The summed E-state index contributed by atoms with van der Waals surface area (Å²) in [6.07, 6.45) is 0. The molecule has 0 fully saturated rings. The lowest BCUT2D eigenvalue weighted by atomic mass is 9.63. The second-order valence-corrected chi connectivity index (χ2v) is 12.8. The Hall–Kier alpha value is -6.85. The van der Waals surface area contributed by atoms with Crippen LogP contribution in [0.5, 0.6) is 11.5 Å². The zero-order valence-electron chi connectivity index (χ0n) is 27.4. The molecule has 0 saturated carbocycles. The van der Waals surface area contributed by atoms with Gasteiger partial charge in [0, 0.05) is 38.6 Å². The highest BCUT2D eigenvalue weighted by molar-refractivity contribution is 6.06. The number of ether oxygens (including phenoxy) is 1. The van der Waals surface area contributed by atoms with E-state index in [0.29, 0.717) is 17.5 Å². The maximum absolute atomic E-state index is 6.66. The molecule has 0 saturated heterocycles. The highest BCUT2D eigenvalue weighted by atomic mass is 16.5. The molecule has 0 bridgehead atoms. The predicted molar refractivity (Wildman–Crippen MR) is 202 cm³/mol. The molecule has 0 aliphatic carbocycles. The summed E-state index contributed by atoms with van der Waals surface area (Å²) in [6, 6.07) is 60.3. The molecule has 1 aliphatic heterocycles. The fourth-order valence-corrected chi connectivity index (χ4v) is 7.56. The van der Waals surface area contributed by atoms with E-state index in [1.807, 2.05) is 72.8 Å². The lowest BCUT2D eigenvalue weighted by Crippen LogP contribution is -2.34. The summed E-state index contributed by atoms with van der Waals surface area (Å²) in [5.74, 6) is 3.39. The Kier molecular flexibility index (Phi) is 6.64. The summed E-state index contributed by atoms with van der Waals surface area (Å²) in [5.41, 5.74) is 8.06. The van der Waals surface area contributed by atoms with Crippen molar-refractivity contribution >= 4 is 21.9 Å². The van der Waals surface area contributed by atoms with Crippen molar-refractivity contribution < 1.29 is 9.15 Å². The third kappa shape index (κ3) is 4.67. The van der Waals surface area contributed by atoms with Crippen molar-refractivity contribution in [2.75, 3.05) is 0 Å². The Morgan fingerprint density at radius 1 is 0.373 bits per heavy atom. The van der Waals surface area contributed by atoms with Gasteiger partial charge in [0.25, 0.3) is 0 Å². The maximum atomic E-state index is 6.66. The maximum Gasteiger partial charge on any atom is 0.164 e. The minimum Gasteiger partial charge on any atom is -0.457 e. The number of aromatic nitrogens is 3. The van der Waals surface area contributed by atoms with Crippen molar-refractivity contribution in [3.63, 3.8) is 0 Å². The number of hydrogen-bond acceptors (Lipinski definition) is 5.